The van der Waals surface area contributed by atoms with Crippen LogP contribution in [0, 0.1) is 19.9 Å². The number of carbonyl (C=O) groups is 1. The van der Waals surface area contributed by atoms with Crippen LogP contribution in [0.2, 0.25) is 0 Å². The summed E-state index contributed by atoms with van der Waals surface area (Å²) < 4.78 is 2.29. The van der Waals surface area contributed by atoms with Gasteiger partial charge in [0.1, 0.15) is 0 Å². The fraction of sp³-hybridized carbons (Fsp3) is 0.115. The molecule has 29 heavy (non-hydrogen) atoms. The number of nitrogens with two attached hydrogens (primary N) is 1. The van der Waals surface area contributed by atoms with Crippen molar-refractivity contribution in [2.45, 2.75) is 20.4 Å². The molecule has 1 radical (unpaired) electrons. The summed E-state index contributed by atoms with van der Waals surface area (Å²) >= 11 is 0. The first kappa shape index (κ1) is 17.5. The van der Waals surface area contributed by atoms with Crippen LogP contribution >= 0.6 is 0 Å². The zero-order valence-electron chi connectivity index (χ0n) is 16.5. The van der Waals surface area contributed by atoms with E-state index in [1.165, 1.54) is 21.9 Å². The zero-order valence-corrected chi connectivity index (χ0v) is 16.5. The number of nitrogens with zero attached hydrogens (tertiary/aromatic N) is 1. The smallest absolute Gasteiger partial charge is 0.249 e. The number of amides is 1. The molecule has 0 bridgehead atoms. The average Bonchev–Trinajstić information content (AvgIpc) is 3.03. The fourth-order valence-electron chi connectivity index (χ4n) is 4.35. The van der Waals surface area contributed by atoms with Crippen LogP contribution in [0.4, 0.5) is 0 Å². The van der Waals surface area contributed by atoms with E-state index in [0.29, 0.717) is 12.1 Å². The van der Waals surface area contributed by atoms with E-state index in [4.69, 9.17) is 5.73 Å². The van der Waals surface area contributed by atoms with Gasteiger partial charge in [-0.3, -0.25) is 4.79 Å². The van der Waals surface area contributed by atoms with Gasteiger partial charge in [-0.05, 0) is 65.6 Å². The topological polar surface area (TPSA) is 48.0 Å². The number of hydrogen-bond donors (Lipinski definition) is 1. The fourth-order valence-corrected chi connectivity index (χ4v) is 4.35. The lowest BCUT2D eigenvalue weighted by atomic mass is 9.99. The Kier molecular flexibility index (Phi) is 3.92. The maximum Gasteiger partial charge on any atom is 0.249 e. The van der Waals surface area contributed by atoms with Crippen LogP contribution in [0.3, 0.4) is 0 Å². The summed E-state index contributed by atoms with van der Waals surface area (Å²) in [6.07, 6.45) is 0. The Morgan fingerprint density at radius 3 is 2.66 bits per heavy atom. The van der Waals surface area contributed by atoms with Crippen molar-refractivity contribution in [1.29, 1.82) is 0 Å². The third kappa shape index (κ3) is 2.70. The number of rotatable bonds is 3. The maximum absolute atomic E-state index is 12.1. The Bertz CT molecular complexity index is 1430. The van der Waals surface area contributed by atoms with Crippen molar-refractivity contribution in [3.63, 3.8) is 0 Å². The molecule has 5 aromatic rings. The van der Waals surface area contributed by atoms with Crippen molar-refractivity contribution in [2.75, 3.05) is 0 Å². The monoisotopic (exact) mass is 377 g/mol. The van der Waals surface area contributed by atoms with Crippen molar-refractivity contribution in [2.24, 2.45) is 5.73 Å². The average molecular weight is 377 g/mol. The Balaban J connectivity index is 1.86. The second-order valence-corrected chi connectivity index (χ2v) is 7.67. The van der Waals surface area contributed by atoms with Crippen molar-refractivity contribution in [3.05, 3.63) is 95.1 Å². The van der Waals surface area contributed by atoms with Crippen LogP contribution in [0.1, 0.15) is 27.0 Å². The molecule has 0 fully saturated rings. The molecule has 0 unspecified atom stereocenters. The van der Waals surface area contributed by atoms with Crippen LogP contribution in [0.5, 0.6) is 0 Å². The number of hydrogen-bond acceptors (Lipinski definition) is 1. The molecule has 3 heteroatoms. The third-order valence-corrected chi connectivity index (χ3v) is 5.80. The summed E-state index contributed by atoms with van der Waals surface area (Å²) in [5.41, 5.74) is 12.0. The van der Waals surface area contributed by atoms with Gasteiger partial charge in [0.2, 0.25) is 5.91 Å². The molecule has 2 N–H and O–H groups in total. The highest BCUT2D eigenvalue weighted by atomic mass is 16.1. The van der Waals surface area contributed by atoms with E-state index >= 15 is 0 Å². The molecular weight excluding hydrogens is 356 g/mol. The van der Waals surface area contributed by atoms with Crippen LogP contribution in [0.25, 0.3) is 32.6 Å². The summed E-state index contributed by atoms with van der Waals surface area (Å²) in [7, 11) is 0. The summed E-state index contributed by atoms with van der Waals surface area (Å²) in [4.78, 5) is 12.1. The van der Waals surface area contributed by atoms with Crippen LogP contribution < -0.4 is 5.73 Å². The third-order valence-electron chi connectivity index (χ3n) is 5.80. The van der Waals surface area contributed by atoms with Gasteiger partial charge in [-0.2, -0.15) is 0 Å². The Hall–Kier alpha value is -3.59. The molecule has 0 aliphatic carbocycles. The van der Waals surface area contributed by atoms with Gasteiger partial charge in [0.05, 0.1) is 11.0 Å². The van der Waals surface area contributed by atoms with Gasteiger partial charge in [-0.15, -0.1) is 0 Å². The van der Waals surface area contributed by atoms with Gasteiger partial charge < -0.3 is 10.3 Å². The van der Waals surface area contributed by atoms with E-state index in [0.717, 1.165) is 27.4 Å². The minimum absolute atomic E-state index is 0.412. The number of primary amides is 1. The number of aryl methyl sites for hydroxylation is 2. The number of carbonyl (C=O) groups excluding carboxylic acids is 1. The second-order valence-electron chi connectivity index (χ2n) is 7.67. The Morgan fingerprint density at radius 1 is 1.00 bits per heavy atom. The highest BCUT2D eigenvalue weighted by molar-refractivity contribution is 6.17. The lowest BCUT2D eigenvalue weighted by Crippen LogP contribution is -2.11. The van der Waals surface area contributed by atoms with E-state index in [-0.39, 0.29) is 0 Å². The number of benzene rings is 4. The molecule has 141 valence electrons. The maximum atomic E-state index is 12.1. The van der Waals surface area contributed by atoms with Gasteiger partial charge >= 0.3 is 0 Å². The lowest BCUT2D eigenvalue weighted by Gasteiger charge is -2.14. The molecule has 0 saturated carbocycles. The highest BCUT2D eigenvalue weighted by Crippen LogP contribution is 2.34. The standard InChI is InChI=1S/C26H21N2O/c1-16-10-13-20-24(14-16)28(23-9-5-8-21(25(20)23)26(27)29)15-22-17(2)11-12-18-6-3-4-7-19(18)22/h3-12,14H,15H2,1-2H3,(H2,27,29). The first-order chi connectivity index (χ1) is 14.0. The molecule has 0 aliphatic rings. The summed E-state index contributed by atoms with van der Waals surface area (Å²) in [5, 5.41) is 4.31. The summed E-state index contributed by atoms with van der Waals surface area (Å²) in [6.45, 7) is 4.94. The lowest BCUT2D eigenvalue weighted by molar-refractivity contribution is 0.100. The predicted molar refractivity (Wildman–Crippen MR) is 119 cm³/mol. The van der Waals surface area contributed by atoms with E-state index in [1.807, 2.05) is 12.1 Å². The highest BCUT2D eigenvalue weighted by Gasteiger charge is 2.18. The van der Waals surface area contributed by atoms with Crippen molar-refractivity contribution in [1.82, 2.24) is 4.57 Å². The molecule has 0 spiro atoms. The summed E-state index contributed by atoms with van der Waals surface area (Å²) in [6, 6.07) is 26.1. The molecule has 1 heterocycles. The van der Waals surface area contributed by atoms with Gasteiger partial charge in [0.15, 0.2) is 0 Å². The van der Waals surface area contributed by atoms with Crippen molar-refractivity contribution in [3.8, 4) is 0 Å². The number of aromatic nitrogens is 1. The van der Waals surface area contributed by atoms with Crippen LogP contribution in [-0.4, -0.2) is 10.5 Å². The molecule has 5 rings (SSSR count). The molecule has 3 nitrogen and oxygen atoms in total. The predicted octanol–water partition coefficient (Wildman–Crippen LogP) is 5.51. The van der Waals surface area contributed by atoms with Crippen molar-refractivity contribution < 1.29 is 4.79 Å². The molecule has 0 atom stereocenters. The van der Waals surface area contributed by atoms with Gasteiger partial charge in [-0.25, -0.2) is 0 Å². The largest absolute Gasteiger partial charge is 0.366 e. The molecule has 1 amide bonds. The molecule has 4 aromatic carbocycles. The quantitative estimate of drug-likeness (QED) is 0.443. The van der Waals surface area contributed by atoms with Gasteiger partial charge in [0.25, 0.3) is 0 Å². The first-order valence-electron chi connectivity index (χ1n) is 9.75. The van der Waals surface area contributed by atoms with E-state index in [1.54, 1.807) is 6.07 Å². The minimum Gasteiger partial charge on any atom is -0.366 e. The van der Waals surface area contributed by atoms with Crippen molar-refractivity contribution >= 4 is 38.5 Å². The number of fused-ring (bicyclic) bond motifs is 4. The normalized spacial score (nSPS) is 11.5. The molecular formula is C26H21N2O. The minimum atomic E-state index is -0.412. The van der Waals surface area contributed by atoms with Gasteiger partial charge in [0, 0.05) is 22.9 Å². The SMILES string of the molecule is Cc1c[c]c2c3c(C(N)=O)cccc3n(Cc3c(C)ccc4ccccc34)c2c1. The molecule has 0 saturated heterocycles. The molecule has 0 aliphatic heterocycles. The van der Waals surface area contributed by atoms with Gasteiger partial charge in [-0.1, -0.05) is 48.5 Å². The Labute approximate surface area is 169 Å². The second kappa shape index (κ2) is 6.49. The van der Waals surface area contributed by atoms with Crippen LogP contribution in [-0.2, 0) is 6.54 Å². The Morgan fingerprint density at radius 2 is 1.83 bits per heavy atom. The van der Waals surface area contributed by atoms with E-state index in [2.05, 4.69) is 73.0 Å². The van der Waals surface area contributed by atoms with E-state index in [9.17, 15) is 4.79 Å². The zero-order chi connectivity index (χ0) is 20.1. The first-order valence-corrected chi connectivity index (χ1v) is 9.75. The molecule has 1 aromatic heterocycles. The van der Waals surface area contributed by atoms with E-state index < -0.39 is 5.91 Å². The summed E-state index contributed by atoms with van der Waals surface area (Å²) in [5.74, 6) is -0.412. The van der Waals surface area contributed by atoms with Crippen LogP contribution in [0.15, 0.2) is 66.7 Å².